The van der Waals surface area contributed by atoms with Gasteiger partial charge in [-0.3, -0.25) is 4.79 Å². The third-order valence-electron chi connectivity index (χ3n) is 5.45. The summed E-state index contributed by atoms with van der Waals surface area (Å²) in [5, 5.41) is 2.64. The number of anilines is 2. The first-order chi connectivity index (χ1) is 15.8. The molecule has 1 aliphatic heterocycles. The van der Waals surface area contributed by atoms with Crippen LogP contribution in [-0.4, -0.2) is 57.4 Å². The Labute approximate surface area is 193 Å². The average Bonchev–Trinajstić information content (AvgIpc) is 3.34. The summed E-state index contributed by atoms with van der Waals surface area (Å²) in [5.74, 6) is -2.44. The van der Waals surface area contributed by atoms with Crippen molar-refractivity contribution in [1.82, 2.24) is 4.31 Å². The van der Waals surface area contributed by atoms with Gasteiger partial charge in [-0.25, -0.2) is 17.6 Å². The van der Waals surface area contributed by atoms with E-state index in [9.17, 15) is 22.4 Å². The minimum absolute atomic E-state index is 0.159. The van der Waals surface area contributed by atoms with Gasteiger partial charge >= 0.3 is 5.97 Å². The van der Waals surface area contributed by atoms with Gasteiger partial charge in [0.25, 0.3) is 5.91 Å². The summed E-state index contributed by atoms with van der Waals surface area (Å²) in [6, 6.07) is 10.3. The molecule has 1 fully saturated rings. The average molecular weight is 478 g/mol. The van der Waals surface area contributed by atoms with Crippen LogP contribution in [0.25, 0.3) is 0 Å². The van der Waals surface area contributed by atoms with Crippen molar-refractivity contribution < 1.29 is 27.1 Å². The van der Waals surface area contributed by atoms with Crippen LogP contribution in [-0.2, 0) is 19.6 Å². The first kappa shape index (κ1) is 24.7. The van der Waals surface area contributed by atoms with E-state index in [2.05, 4.69) is 10.2 Å². The number of hydrogen-bond donors (Lipinski definition) is 1. The summed E-state index contributed by atoms with van der Waals surface area (Å²) in [7, 11) is -4.10. The normalized spacial score (nSPS) is 13.9. The highest BCUT2D eigenvalue weighted by molar-refractivity contribution is 7.89. The molecule has 1 aliphatic rings. The minimum Gasteiger partial charge on any atom is -0.452 e. The lowest BCUT2D eigenvalue weighted by atomic mass is 10.2. The second kappa shape index (κ2) is 10.8. The molecule has 0 spiro atoms. The van der Waals surface area contributed by atoms with E-state index in [0.29, 0.717) is 5.69 Å². The minimum atomic E-state index is -4.10. The third kappa shape index (κ3) is 5.88. The quantitative estimate of drug-likeness (QED) is 0.557. The number of carbonyl (C=O) groups excluding carboxylic acids is 2. The molecule has 178 valence electrons. The molecule has 10 heteroatoms. The second-order valence-electron chi connectivity index (χ2n) is 7.60. The molecule has 0 aromatic heterocycles. The van der Waals surface area contributed by atoms with Crippen LogP contribution in [0.15, 0.2) is 47.4 Å². The zero-order valence-corrected chi connectivity index (χ0v) is 19.5. The van der Waals surface area contributed by atoms with Crippen LogP contribution in [0.2, 0.25) is 0 Å². The molecule has 33 heavy (non-hydrogen) atoms. The highest BCUT2D eigenvalue weighted by Gasteiger charge is 2.27. The Morgan fingerprint density at radius 2 is 1.70 bits per heavy atom. The zero-order valence-electron chi connectivity index (χ0n) is 18.7. The predicted molar refractivity (Wildman–Crippen MR) is 123 cm³/mol. The standard InChI is InChI=1S/C23H28FN3O5S/c1-3-27(4-2)33(30,31)21-15-17(7-12-20(21)24)23(29)32-16-22(28)25-18-8-10-19(11-9-18)26-13-5-6-14-26/h7-12,15H,3-6,13-14,16H2,1-2H3,(H,25,28). The molecular formula is C23H28FN3O5S. The van der Waals surface area contributed by atoms with Crippen molar-refractivity contribution in [2.24, 2.45) is 0 Å². The van der Waals surface area contributed by atoms with Crippen molar-refractivity contribution in [3.05, 3.63) is 53.8 Å². The van der Waals surface area contributed by atoms with E-state index < -0.39 is 39.2 Å². The van der Waals surface area contributed by atoms with Crippen molar-refractivity contribution >= 4 is 33.3 Å². The number of rotatable bonds is 9. The maximum Gasteiger partial charge on any atom is 0.338 e. The molecule has 3 rings (SSSR count). The van der Waals surface area contributed by atoms with Crippen molar-refractivity contribution in [2.45, 2.75) is 31.6 Å². The summed E-state index contributed by atoms with van der Waals surface area (Å²) >= 11 is 0. The Kier molecular flexibility index (Phi) is 8.04. The number of sulfonamides is 1. The molecule has 0 saturated carbocycles. The number of ether oxygens (including phenoxy) is 1. The van der Waals surface area contributed by atoms with Crippen LogP contribution < -0.4 is 10.2 Å². The first-order valence-corrected chi connectivity index (χ1v) is 12.3. The Bertz CT molecular complexity index is 1100. The molecule has 1 saturated heterocycles. The van der Waals surface area contributed by atoms with Crippen LogP contribution in [0.1, 0.15) is 37.0 Å². The lowest BCUT2D eigenvalue weighted by Crippen LogP contribution is -2.31. The number of nitrogens with one attached hydrogen (secondary N) is 1. The van der Waals surface area contributed by atoms with E-state index in [4.69, 9.17) is 4.74 Å². The van der Waals surface area contributed by atoms with Gasteiger partial charge in [0.1, 0.15) is 10.7 Å². The number of benzene rings is 2. The van der Waals surface area contributed by atoms with E-state index in [1.165, 1.54) is 12.8 Å². The molecule has 0 unspecified atom stereocenters. The number of carbonyl (C=O) groups is 2. The largest absolute Gasteiger partial charge is 0.452 e. The monoisotopic (exact) mass is 477 g/mol. The predicted octanol–water partition coefficient (Wildman–Crippen LogP) is 3.25. The van der Waals surface area contributed by atoms with Gasteiger partial charge in [-0.15, -0.1) is 0 Å². The van der Waals surface area contributed by atoms with Crippen molar-refractivity contribution in [3.8, 4) is 0 Å². The Morgan fingerprint density at radius 1 is 1.06 bits per heavy atom. The number of halogens is 1. The smallest absolute Gasteiger partial charge is 0.338 e. The lowest BCUT2D eigenvalue weighted by Gasteiger charge is -2.19. The van der Waals surface area contributed by atoms with Gasteiger partial charge in [-0.2, -0.15) is 4.31 Å². The fourth-order valence-corrected chi connectivity index (χ4v) is 5.22. The van der Waals surface area contributed by atoms with E-state index in [1.807, 2.05) is 12.1 Å². The molecule has 2 aromatic carbocycles. The zero-order chi connectivity index (χ0) is 24.0. The summed E-state index contributed by atoms with van der Waals surface area (Å²) in [5.41, 5.74) is 1.49. The summed E-state index contributed by atoms with van der Waals surface area (Å²) in [6.45, 7) is 5.05. The van der Waals surface area contributed by atoms with Crippen LogP contribution >= 0.6 is 0 Å². The van der Waals surface area contributed by atoms with Crippen LogP contribution in [0, 0.1) is 5.82 Å². The maximum absolute atomic E-state index is 14.2. The van der Waals surface area contributed by atoms with Gasteiger partial charge in [-0.1, -0.05) is 13.8 Å². The SMILES string of the molecule is CCN(CC)S(=O)(=O)c1cc(C(=O)OCC(=O)Nc2ccc(N3CCCC3)cc2)ccc1F. The molecular weight excluding hydrogens is 449 g/mol. The molecule has 1 N–H and O–H groups in total. The second-order valence-corrected chi connectivity index (χ2v) is 9.51. The summed E-state index contributed by atoms with van der Waals surface area (Å²) in [6.07, 6.45) is 2.33. The topological polar surface area (TPSA) is 96.0 Å². The van der Waals surface area contributed by atoms with E-state index in [0.717, 1.165) is 41.3 Å². The van der Waals surface area contributed by atoms with Gasteiger partial charge in [-0.05, 0) is 55.3 Å². The maximum atomic E-state index is 14.2. The lowest BCUT2D eigenvalue weighted by molar-refractivity contribution is -0.119. The molecule has 0 radical (unpaired) electrons. The fourth-order valence-electron chi connectivity index (χ4n) is 3.67. The molecule has 0 bridgehead atoms. The first-order valence-electron chi connectivity index (χ1n) is 10.9. The van der Waals surface area contributed by atoms with E-state index in [-0.39, 0.29) is 18.7 Å². The number of hydrogen-bond acceptors (Lipinski definition) is 6. The van der Waals surface area contributed by atoms with Crippen LogP contribution in [0.3, 0.4) is 0 Å². The van der Waals surface area contributed by atoms with Crippen LogP contribution in [0.4, 0.5) is 15.8 Å². The molecule has 1 amide bonds. The Hall–Kier alpha value is -2.98. The van der Waals surface area contributed by atoms with Crippen molar-refractivity contribution in [3.63, 3.8) is 0 Å². The Balaban J connectivity index is 1.60. The molecule has 2 aromatic rings. The molecule has 8 nitrogen and oxygen atoms in total. The van der Waals surface area contributed by atoms with Crippen LogP contribution in [0.5, 0.6) is 0 Å². The van der Waals surface area contributed by atoms with Gasteiger partial charge in [0.15, 0.2) is 6.61 Å². The van der Waals surface area contributed by atoms with Gasteiger partial charge in [0.05, 0.1) is 5.56 Å². The number of esters is 1. The highest BCUT2D eigenvalue weighted by atomic mass is 32.2. The molecule has 0 atom stereocenters. The summed E-state index contributed by atoms with van der Waals surface area (Å²) < 4.78 is 45.6. The molecule has 1 heterocycles. The van der Waals surface area contributed by atoms with Crippen molar-refractivity contribution in [1.29, 1.82) is 0 Å². The van der Waals surface area contributed by atoms with Crippen molar-refractivity contribution in [2.75, 3.05) is 43.0 Å². The van der Waals surface area contributed by atoms with Gasteiger partial charge in [0.2, 0.25) is 10.0 Å². The van der Waals surface area contributed by atoms with E-state index >= 15 is 0 Å². The van der Waals surface area contributed by atoms with E-state index in [1.54, 1.807) is 26.0 Å². The number of nitrogens with zero attached hydrogens (tertiary/aromatic N) is 2. The molecule has 0 aliphatic carbocycles. The van der Waals surface area contributed by atoms with Gasteiger partial charge in [0, 0.05) is 37.6 Å². The fraction of sp³-hybridized carbons (Fsp3) is 0.391. The highest BCUT2D eigenvalue weighted by Crippen LogP contribution is 2.23. The van der Waals surface area contributed by atoms with Gasteiger partial charge < -0.3 is 15.0 Å². The Morgan fingerprint density at radius 3 is 2.30 bits per heavy atom. The number of amides is 1. The third-order valence-corrected chi connectivity index (χ3v) is 7.51. The summed E-state index contributed by atoms with van der Waals surface area (Å²) in [4.78, 5) is 26.2.